The molecule has 4 heteroatoms. The molecule has 0 spiro atoms. The second-order valence-corrected chi connectivity index (χ2v) is 7.14. The number of hydrogen-bond acceptors (Lipinski definition) is 2. The minimum absolute atomic E-state index is 0.180. The number of thiophene rings is 1. The Morgan fingerprint density at radius 2 is 2.11 bits per heavy atom. The zero-order chi connectivity index (χ0) is 13.8. The highest BCUT2D eigenvalue weighted by atomic mass is 79.9. The third-order valence-electron chi connectivity index (χ3n) is 2.92. The van der Waals surface area contributed by atoms with Crippen LogP contribution >= 0.6 is 38.9 Å². The minimum Gasteiger partial charge on any atom is -0.306 e. The Balaban J connectivity index is 2.36. The zero-order valence-corrected chi connectivity index (χ0v) is 14.2. The van der Waals surface area contributed by atoms with E-state index in [4.69, 9.17) is 11.6 Å². The number of benzene rings is 1. The third-order valence-corrected chi connectivity index (χ3v) is 4.80. The molecule has 19 heavy (non-hydrogen) atoms. The van der Waals surface area contributed by atoms with Gasteiger partial charge in [-0.15, -0.1) is 11.3 Å². The summed E-state index contributed by atoms with van der Waals surface area (Å²) in [4.78, 5) is 2.64. The van der Waals surface area contributed by atoms with Gasteiger partial charge in [0.2, 0.25) is 0 Å². The Labute approximate surface area is 132 Å². The summed E-state index contributed by atoms with van der Waals surface area (Å²) in [5, 5.41) is 4.39. The first-order valence-corrected chi connectivity index (χ1v) is 8.35. The summed E-state index contributed by atoms with van der Waals surface area (Å²) in [6.45, 7) is 5.29. The molecule has 0 amide bonds. The van der Waals surface area contributed by atoms with Gasteiger partial charge in [-0.2, -0.15) is 0 Å². The monoisotopic (exact) mass is 357 g/mol. The Hall–Kier alpha value is -0.350. The molecule has 1 aromatic carbocycles. The van der Waals surface area contributed by atoms with Gasteiger partial charge in [0, 0.05) is 19.2 Å². The number of halogens is 2. The molecule has 2 aromatic rings. The van der Waals surface area contributed by atoms with Gasteiger partial charge in [-0.3, -0.25) is 0 Å². The SMILES string of the molecule is CCCNC(c1ccc(C)s1)c1ccc(Br)cc1Cl. The van der Waals surface area contributed by atoms with Gasteiger partial charge in [0.1, 0.15) is 0 Å². The van der Waals surface area contributed by atoms with Crippen LogP contribution in [-0.4, -0.2) is 6.54 Å². The molecule has 1 N–H and O–H groups in total. The maximum atomic E-state index is 6.39. The van der Waals surface area contributed by atoms with Crippen molar-refractivity contribution in [2.75, 3.05) is 6.54 Å². The molecule has 1 nitrogen and oxygen atoms in total. The average molecular weight is 359 g/mol. The molecule has 102 valence electrons. The van der Waals surface area contributed by atoms with E-state index in [1.165, 1.54) is 9.75 Å². The predicted molar refractivity (Wildman–Crippen MR) is 88.3 cm³/mol. The maximum Gasteiger partial charge on any atom is 0.0685 e. The fourth-order valence-corrected chi connectivity index (χ4v) is 3.75. The van der Waals surface area contributed by atoms with Gasteiger partial charge in [0.25, 0.3) is 0 Å². The smallest absolute Gasteiger partial charge is 0.0685 e. The topological polar surface area (TPSA) is 12.0 Å². The molecule has 0 saturated carbocycles. The lowest BCUT2D eigenvalue weighted by Crippen LogP contribution is -2.22. The first-order chi connectivity index (χ1) is 9.11. The largest absolute Gasteiger partial charge is 0.306 e. The normalized spacial score (nSPS) is 12.6. The molecule has 1 heterocycles. The molecule has 0 aliphatic rings. The van der Waals surface area contributed by atoms with Crippen LogP contribution in [0.15, 0.2) is 34.8 Å². The van der Waals surface area contributed by atoms with Crippen molar-refractivity contribution in [2.24, 2.45) is 0 Å². The maximum absolute atomic E-state index is 6.39. The van der Waals surface area contributed by atoms with Gasteiger partial charge in [0.05, 0.1) is 6.04 Å². The number of aryl methyl sites for hydroxylation is 1. The summed E-state index contributed by atoms with van der Waals surface area (Å²) in [7, 11) is 0. The van der Waals surface area contributed by atoms with Crippen LogP contribution in [0.3, 0.4) is 0 Å². The van der Waals surface area contributed by atoms with Crippen LogP contribution < -0.4 is 5.32 Å². The summed E-state index contributed by atoms with van der Waals surface area (Å²) in [6.07, 6.45) is 1.11. The van der Waals surface area contributed by atoms with E-state index in [2.05, 4.69) is 53.3 Å². The molecule has 0 bridgehead atoms. The fraction of sp³-hybridized carbons (Fsp3) is 0.333. The lowest BCUT2D eigenvalue weighted by Gasteiger charge is -2.19. The molecule has 0 fully saturated rings. The van der Waals surface area contributed by atoms with E-state index in [0.717, 1.165) is 28.0 Å². The van der Waals surface area contributed by atoms with E-state index in [-0.39, 0.29) is 6.04 Å². The third kappa shape index (κ3) is 3.82. The van der Waals surface area contributed by atoms with Crippen LogP contribution in [-0.2, 0) is 0 Å². The Bertz CT molecular complexity index is 553. The average Bonchev–Trinajstić information content (AvgIpc) is 2.78. The van der Waals surface area contributed by atoms with Crippen LogP contribution in [0.2, 0.25) is 5.02 Å². The van der Waals surface area contributed by atoms with Gasteiger partial charge in [-0.05, 0) is 49.7 Å². The van der Waals surface area contributed by atoms with Crippen LogP contribution in [0, 0.1) is 6.92 Å². The molecular weight excluding hydrogens is 342 g/mol. The van der Waals surface area contributed by atoms with Crippen molar-refractivity contribution in [3.05, 3.63) is 55.1 Å². The van der Waals surface area contributed by atoms with E-state index in [1.807, 2.05) is 23.5 Å². The van der Waals surface area contributed by atoms with Crippen LogP contribution in [0.5, 0.6) is 0 Å². The Morgan fingerprint density at radius 3 is 2.68 bits per heavy atom. The van der Waals surface area contributed by atoms with Crippen LogP contribution in [0.25, 0.3) is 0 Å². The molecule has 0 radical (unpaired) electrons. The molecule has 1 unspecified atom stereocenters. The highest BCUT2D eigenvalue weighted by molar-refractivity contribution is 9.10. The quantitative estimate of drug-likeness (QED) is 0.737. The fourth-order valence-electron chi connectivity index (χ4n) is 2.00. The van der Waals surface area contributed by atoms with Gasteiger partial charge in [0.15, 0.2) is 0 Å². The van der Waals surface area contributed by atoms with Crippen LogP contribution in [0.1, 0.15) is 34.7 Å². The van der Waals surface area contributed by atoms with Crippen molar-refractivity contribution in [1.29, 1.82) is 0 Å². The van der Waals surface area contributed by atoms with Crippen molar-refractivity contribution in [3.63, 3.8) is 0 Å². The first-order valence-electron chi connectivity index (χ1n) is 6.36. The van der Waals surface area contributed by atoms with Gasteiger partial charge < -0.3 is 5.32 Å². The Kier molecular flexibility index (Phi) is 5.46. The van der Waals surface area contributed by atoms with E-state index >= 15 is 0 Å². The second kappa shape index (κ2) is 6.89. The summed E-state index contributed by atoms with van der Waals surface area (Å²) in [5.74, 6) is 0. The van der Waals surface area contributed by atoms with Gasteiger partial charge in [-0.1, -0.05) is 40.5 Å². The van der Waals surface area contributed by atoms with Crippen LogP contribution in [0.4, 0.5) is 0 Å². The van der Waals surface area contributed by atoms with E-state index in [0.29, 0.717) is 0 Å². The second-order valence-electron chi connectivity index (χ2n) is 4.50. The van der Waals surface area contributed by atoms with Gasteiger partial charge in [-0.25, -0.2) is 0 Å². The predicted octanol–water partition coefficient (Wildman–Crippen LogP) is 5.56. The summed E-state index contributed by atoms with van der Waals surface area (Å²) < 4.78 is 1.01. The first kappa shape index (κ1) is 15.0. The van der Waals surface area contributed by atoms with Crippen molar-refractivity contribution in [3.8, 4) is 0 Å². The van der Waals surface area contributed by atoms with E-state index in [1.54, 1.807) is 0 Å². The summed E-state index contributed by atoms with van der Waals surface area (Å²) in [5.41, 5.74) is 1.14. The molecular formula is C15H17BrClNS. The lowest BCUT2D eigenvalue weighted by molar-refractivity contribution is 0.606. The molecule has 0 saturated heterocycles. The molecule has 1 atom stereocenters. The highest BCUT2D eigenvalue weighted by Crippen LogP contribution is 2.33. The molecule has 0 aliphatic heterocycles. The van der Waals surface area contributed by atoms with E-state index < -0.39 is 0 Å². The molecule has 2 rings (SSSR count). The van der Waals surface area contributed by atoms with E-state index in [9.17, 15) is 0 Å². The molecule has 1 aromatic heterocycles. The number of rotatable bonds is 5. The number of hydrogen-bond donors (Lipinski definition) is 1. The zero-order valence-electron chi connectivity index (χ0n) is 11.0. The van der Waals surface area contributed by atoms with Crippen molar-refractivity contribution in [2.45, 2.75) is 26.3 Å². The highest BCUT2D eigenvalue weighted by Gasteiger charge is 2.18. The van der Waals surface area contributed by atoms with Gasteiger partial charge >= 0.3 is 0 Å². The standard InChI is InChI=1S/C15H17BrClNS/c1-3-8-18-15(14-7-4-10(2)19-14)12-6-5-11(16)9-13(12)17/h4-7,9,15,18H,3,8H2,1-2H3. The number of nitrogens with one attached hydrogen (secondary N) is 1. The van der Waals surface area contributed by atoms with Crippen molar-refractivity contribution in [1.82, 2.24) is 5.32 Å². The van der Waals surface area contributed by atoms with Crippen molar-refractivity contribution < 1.29 is 0 Å². The van der Waals surface area contributed by atoms with Crippen molar-refractivity contribution >= 4 is 38.9 Å². The minimum atomic E-state index is 0.180. The lowest BCUT2D eigenvalue weighted by atomic mass is 10.1. The Morgan fingerprint density at radius 1 is 1.32 bits per heavy atom. The molecule has 0 aliphatic carbocycles. The summed E-state index contributed by atoms with van der Waals surface area (Å²) >= 11 is 11.7. The summed E-state index contributed by atoms with van der Waals surface area (Å²) in [6, 6.07) is 10.6.